The minimum absolute atomic E-state index is 0. The van der Waals surface area contributed by atoms with Crippen molar-refractivity contribution in [3.8, 4) is 0 Å². The van der Waals surface area contributed by atoms with Gasteiger partial charge in [-0.2, -0.15) is 0 Å². The van der Waals surface area contributed by atoms with Gasteiger partial charge in [0.25, 0.3) is 0 Å². The number of halogens is 4. The van der Waals surface area contributed by atoms with E-state index in [0.29, 0.717) is 6.42 Å². The van der Waals surface area contributed by atoms with Crippen molar-refractivity contribution in [3.05, 3.63) is 0 Å². The van der Waals surface area contributed by atoms with Crippen LogP contribution in [-0.4, -0.2) is 15.1 Å². The fourth-order valence-electron chi connectivity index (χ4n) is 1.31. The van der Waals surface area contributed by atoms with E-state index in [4.69, 9.17) is 0 Å². The fourth-order valence-corrected chi connectivity index (χ4v) is 3.57. The van der Waals surface area contributed by atoms with Crippen LogP contribution in [0.3, 0.4) is 0 Å². The Morgan fingerprint density at radius 3 is 1.44 bits per heavy atom. The molecule has 0 spiro atoms. The van der Waals surface area contributed by atoms with Crippen molar-refractivity contribution in [2.45, 2.75) is 51.2 Å². The van der Waals surface area contributed by atoms with Crippen molar-refractivity contribution in [2.24, 2.45) is 0 Å². The average Bonchev–Trinajstić information content (AvgIpc) is 2.07. The molecule has 0 atom stereocenters. The van der Waals surface area contributed by atoms with Gasteiger partial charge in [-0.05, 0) is 0 Å². The van der Waals surface area contributed by atoms with Crippen LogP contribution in [0.15, 0.2) is 0 Å². The third-order valence-corrected chi connectivity index (χ3v) is 4.85. The van der Waals surface area contributed by atoms with E-state index in [2.05, 4.69) is 6.55 Å². The Morgan fingerprint density at radius 2 is 1.31 bits per heavy atom. The van der Waals surface area contributed by atoms with Crippen molar-refractivity contribution in [1.29, 1.82) is 0 Å². The molecule has 1 aliphatic rings. The zero-order valence-corrected chi connectivity index (χ0v) is 15.9. The van der Waals surface area contributed by atoms with Gasteiger partial charge in [-0.25, -0.2) is 0 Å². The summed E-state index contributed by atoms with van der Waals surface area (Å²) in [4.78, 5) is 9.17. The van der Waals surface area contributed by atoms with E-state index in [1.807, 2.05) is 6.92 Å². The van der Waals surface area contributed by atoms with Crippen LogP contribution in [0.25, 0.3) is 0 Å². The van der Waals surface area contributed by atoms with Gasteiger partial charge in [-0.3, -0.25) is 0 Å². The molecule has 0 aromatic heterocycles. The van der Waals surface area contributed by atoms with Crippen LogP contribution in [-0.2, 0) is 26.5 Å². The summed E-state index contributed by atoms with van der Waals surface area (Å²) in [7, 11) is -0.0945. The summed E-state index contributed by atoms with van der Waals surface area (Å²) in [6, 6.07) is 3.25. The first kappa shape index (κ1) is 36.1. The molecule has 0 amide bonds. The van der Waals surface area contributed by atoms with Crippen LogP contribution in [0.5, 0.6) is 0 Å². The minimum atomic E-state index is -0.0945. The van der Waals surface area contributed by atoms with Crippen molar-refractivity contribution >= 4 is 64.7 Å². The van der Waals surface area contributed by atoms with Crippen LogP contribution in [0.2, 0.25) is 18.6 Å². The molecule has 1 nitrogen and oxygen atoms in total. The maximum atomic E-state index is 9.17. The molecule has 102 valence electrons. The molecule has 1 rings (SSSR count). The second-order valence-corrected chi connectivity index (χ2v) is 6.68. The number of rotatable bonds is 1. The number of carbonyl (C=O) groups excluding carboxylic acids is 1. The molecule has 7 heteroatoms. The molecule has 0 bridgehead atoms. The van der Waals surface area contributed by atoms with Crippen LogP contribution in [0, 0.1) is 0 Å². The van der Waals surface area contributed by atoms with E-state index in [0.717, 1.165) is 6.29 Å². The molecule has 0 aliphatic carbocycles. The van der Waals surface area contributed by atoms with Gasteiger partial charge in [0.05, 0.1) is 0 Å². The third kappa shape index (κ3) is 29.7. The predicted octanol–water partition coefficient (Wildman–Crippen LogP) is 4.31. The second-order valence-electron chi connectivity index (χ2n) is 3.32. The van der Waals surface area contributed by atoms with Crippen LogP contribution in [0.4, 0.5) is 0 Å². The summed E-state index contributed by atoms with van der Waals surface area (Å²) < 4.78 is 0. The Bertz CT molecular complexity index is 106. The van der Waals surface area contributed by atoms with Gasteiger partial charge >= 0.3 is 0 Å². The summed E-state index contributed by atoms with van der Waals surface area (Å²) >= 11 is 0. The van der Waals surface area contributed by atoms with Gasteiger partial charge in [0.1, 0.15) is 6.29 Å². The number of aldehydes is 1. The molecule has 1 heterocycles. The van der Waals surface area contributed by atoms with Gasteiger partial charge in [-0.1, -0.05) is 44.8 Å². The van der Waals surface area contributed by atoms with Crippen LogP contribution < -0.4 is 0 Å². The maximum Gasteiger partial charge on any atom is 0.119 e. The fraction of sp³-hybridized carbons (Fsp3) is 0.889. The standard InChI is InChI=1S/C6H14Si.C3H6O.4ClH.Ti/c1-7-5-3-2-4-6-7;1-2-3-4;;;;;/h7H,2-6H2,1H3;3H,2H2,1H3;4*1H;. The summed E-state index contributed by atoms with van der Waals surface area (Å²) in [6.45, 7) is 4.31. The smallest absolute Gasteiger partial charge is 0.119 e. The Kier molecular flexibility index (Phi) is 67.9. The second kappa shape index (κ2) is 30.1. The van der Waals surface area contributed by atoms with E-state index >= 15 is 0 Å². The predicted molar refractivity (Wildman–Crippen MR) is 81.8 cm³/mol. The van der Waals surface area contributed by atoms with E-state index in [1.165, 1.54) is 6.42 Å². The Balaban J connectivity index is -0.0000000257. The van der Waals surface area contributed by atoms with Crippen molar-refractivity contribution < 1.29 is 26.5 Å². The molecule has 1 aliphatic heterocycles. The Hall–Kier alpha value is 1.76. The molecule has 0 N–H and O–H groups in total. The maximum absolute atomic E-state index is 9.17. The SMILES string of the molecule is CCC=O.C[SiH]1CCCCC1.Cl.Cl.Cl.Cl.[Ti]. The Labute approximate surface area is 141 Å². The topological polar surface area (TPSA) is 17.1 Å². The zero-order chi connectivity index (χ0) is 8.53. The largest absolute Gasteiger partial charge is 0.303 e. The molecule has 1 saturated heterocycles. The summed E-state index contributed by atoms with van der Waals surface area (Å²) in [5.41, 5.74) is 0. The van der Waals surface area contributed by atoms with Gasteiger partial charge < -0.3 is 4.79 Å². The summed E-state index contributed by atoms with van der Waals surface area (Å²) in [5, 5.41) is 0. The number of carbonyl (C=O) groups is 1. The Morgan fingerprint density at radius 1 is 1.00 bits per heavy atom. The van der Waals surface area contributed by atoms with Crippen LogP contribution >= 0.6 is 49.6 Å². The van der Waals surface area contributed by atoms with Gasteiger partial charge in [0, 0.05) is 36.9 Å². The van der Waals surface area contributed by atoms with Crippen molar-refractivity contribution in [2.75, 3.05) is 0 Å². The molecular weight excluding hydrogens is 342 g/mol. The monoisotopic (exact) mass is 364 g/mol. The molecule has 1 fully saturated rings. The zero-order valence-electron chi connectivity index (χ0n) is 9.94. The molecule has 0 aromatic carbocycles. The van der Waals surface area contributed by atoms with E-state index < -0.39 is 0 Å². The van der Waals surface area contributed by atoms with Crippen LogP contribution in [0.1, 0.15) is 32.6 Å². The van der Waals surface area contributed by atoms with Gasteiger partial charge in [0.2, 0.25) is 0 Å². The third-order valence-electron chi connectivity index (χ3n) is 2.06. The first-order chi connectivity index (χ1) is 5.31. The summed E-state index contributed by atoms with van der Waals surface area (Å²) in [6.07, 6.45) is 6.14. The molecule has 0 aromatic rings. The normalized spacial score (nSPS) is 12.6. The molecule has 0 radical (unpaired) electrons. The summed E-state index contributed by atoms with van der Waals surface area (Å²) in [5.74, 6) is 0. The van der Waals surface area contributed by atoms with E-state index in [-0.39, 0.29) is 80.1 Å². The number of hydrogen-bond acceptors (Lipinski definition) is 1. The minimum Gasteiger partial charge on any atom is -0.303 e. The van der Waals surface area contributed by atoms with Crippen molar-refractivity contribution in [3.63, 3.8) is 0 Å². The van der Waals surface area contributed by atoms with Gasteiger partial charge in [-0.15, -0.1) is 49.6 Å². The van der Waals surface area contributed by atoms with Crippen molar-refractivity contribution in [1.82, 2.24) is 0 Å². The molecule has 0 unspecified atom stereocenters. The molecule has 16 heavy (non-hydrogen) atoms. The molecular formula is C9H24Cl4OSiTi. The average molecular weight is 366 g/mol. The quantitative estimate of drug-likeness (QED) is 0.500. The molecule has 0 saturated carbocycles. The first-order valence-corrected chi connectivity index (χ1v) is 7.53. The van der Waals surface area contributed by atoms with E-state index in [9.17, 15) is 4.79 Å². The van der Waals surface area contributed by atoms with Gasteiger partial charge in [0.15, 0.2) is 0 Å². The number of hydrogen-bond donors (Lipinski definition) is 0. The first-order valence-electron chi connectivity index (χ1n) is 4.74. The van der Waals surface area contributed by atoms with E-state index in [1.54, 1.807) is 24.9 Å².